The first-order chi connectivity index (χ1) is 27.3. The zero-order chi connectivity index (χ0) is 37.8. The molecule has 3 aliphatic rings. The van der Waals surface area contributed by atoms with E-state index in [9.17, 15) is 0 Å². The lowest BCUT2D eigenvalue weighted by molar-refractivity contribution is 0.394. The first kappa shape index (κ1) is 33.0. The third-order valence-electron chi connectivity index (χ3n) is 13.2. The maximum Gasteiger partial charge on any atom is 0.0794 e. The van der Waals surface area contributed by atoms with Crippen LogP contribution in [0, 0.1) is 5.92 Å². The fourth-order valence-electron chi connectivity index (χ4n) is 10.2. The molecule has 0 N–H and O–H groups in total. The van der Waals surface area contributed by atoms with E-state index in [1.54, 1.807) is 0 Å². The summed E-state index contributed by atoms with van der Waals surface area (Å²) in [6.07, 6.45) is 11.1. The highest BCUT2D eigenvalue weighted by Gasteiger charge is 2.44. The van der Waals surface area contributed by atoms with E-state index < -0.39 is 0 Å². The van der Waals surface area contributed by atoms with Crippen LogP contribution < -0.4 is 0 Å². The van der Waals surface area contributed by atoms with Crippen molar-refractivity contribution < 1.29 is 0 Å². The van der Waals surface area contributed by atoms with Gasteiger partial charge in [-0.1, -0.05) is 161 Å². The van der Waals surface area contributed by atoms with Gasteiger partial charge in [-0.3, -0.25) is 4.98 Å². The van der Waals surface area contributed by atoms with Gasteiger partial charge in [0, 0.05) is 39.4 Å². The van der Waals surface area contributed by atoms with Gasteiger partial charge in [0.25, 0.3) is 0 Å². The average molecular weight is 719 g/mol. The van der Waals surface area contributed by atoms with Gasteiger partial charge >= 0.3 is 0 Å². The molecule has 56 heavy (non-hydrogen) atoms. The molecule has 268 valence electrons. The Bertz CT molecular complexity index is 2960. The van der Waals surface area contributed by atoms with Crippen LogP contribution in [-0.4, -0.2) is 9.97 Å². The molecule has 3 aliphatic carbocycles. The molecule has 11 rings (SSSR count). The number of rotatable bonds is 4. The van der Waals surface area contributed by atoms with Gasteiger partial charge < -0.3 is 0 Å². The van der Waals surface area contributed by atoms with Crippen molar-refractivity contribution in [2.24, 2.45) is 5.92 Å². The van der Waals surface area contributed by atoms with Crippen molar-refractivity contribution in [2.45, 2.75) is 44.4 Å². The predicted octanol–water partition coefficient (Wildman–Crippen LogP) is 13.9. The van der Waals surface area contributed by atoms with E-state index in [0.717, 1.165) is 28.0 Å². The maximum absolute atomic E-state index is 5.53. The lowest BCUT2D eigenvalue weighted by Gasteiger charge is -2.29. The van der Waals surface area contributed by atoms with Crippen LogP contribution in [0.3, 0.4) is 0 Å². The lowest BCUT2D eigenvalue weighted by Crippen LogP contribution is -2.24. The van der Waals surface area contributed by atoms with Crippen LogP contribution in [0.2, 0.25) is 0 Å². The Morgan fingerprint density at radius 2 is 1.11 bits per heavy atom. The molecule has 2 nitrogen and oxygen atoms in total. The quantitative estimate of drug-likeness (QED) is 0.169. The van der Waals surface area contributed by atoms with E-state index in [1.807, 2.05) is 18.3 Å². The molecule has 0 bridgehead atoms. The summed E-state index contributed by atoms with van der Waals surface area (Å²) in [5.74, 6) is 0.892. The number of benzene rings is 6. The number of pyridine rings is 2. The molecular weight excluding hydrogens is 677 g/mol. The Labute approximate surface area is 329 Å². The van der Waals surface area contributed by atoms with Crippen molar-refractivity contribution in [3.8, 4) is 55.9 Å². The summed E-state index contributed by atoms with van der Waals surface area (Å²) >= 11 is 0. The first-order valence-electron chi connectivity index (χ1n) is 19.9. The van der Waals surface area contributed by atoms with Gasteiger partial charge in [-0.05, 0) is 103 Å². The van der Waals surface area contributed by atoms with Gasteiger partial charge in [-0.15, -0.1) is 0 Å². The molecule has 8 aromatic rings. The number of fused-ring (bicyclic) bond motifs is 9. The van der Waals surface area contributed by atoms with Crippen molar-refractivity contribution in [1.29, 1.82) is 0 Å². The summed E-state index contributed by atoms with van der Waals surface area (Å²) in [6, 6.07) is 51.6. The normalized spacial score (nSPS) is 18.1. The molecule has 2 aromatic heterocycles. The molecule has 2 atom stereocenters. The predicted molar refractivity (Wildman–Crippen MR) is 234 cm³/mol. The number of aromatic nitrogens is 2. The van der Waals surface area contributed by atoms with Gasteiger partial charge in [0.15, 0.2) is 0 Å². The standard InChI is InChI=1S/C54H42N2/c1-53(2)46-17-9-7-14-38(46)40-26-24-35(29-48(40)53)43-31-45-44(36-25-27-41-39-15-8-10-18-47(39)54(3,4)49(41)30-36)32-51(56-52(45)42-16-6-5-13-37(42)43)34-22-20-33(21-23-34)50-19-11-12-28-55-50/h5-32,38,46H,1-4H3. The van der Waals surface area contributed by atoms with Crippen LogP contribution in [0.15, 0.2) is 170 Å². The fraction of sp³-hybridized carbons (Fsp3) is 0.148. The van der Waals surface area contributed by atoms with E-state index >= 15 is 0 Å². The van der Waals surface area contributed by atoms with E-state index in [2.05, 4.69) is 184 Å². The smallest absolute Gasteiger partial charge is 0.0794 e. The number of hydrogen-bond acceptors (Lipinski definition) is 2. The molecule has 2 unspecified atom stereocenters. The van der Waals surface area contributed by atoms with E-state index in [4.69, 9.17) is 4.98 Å². The highest BCUT2D eigenvalue weighted by Crippen LogP contribution is 2.54. The van der Waals surface area contributed by atoms with Crippen LogP contribution in [0.4, 0.5) is 0 Å². The van der Waals surface area contributed by atoms with E-state index in [0.29, 0.717) is 11.8 Å². The lowest BCUT2D eigenvalue weighted by atomic mass is 9.74. The molecular formula is C54H42N2. The topological polar surface area (TPSA) is 25.8 Å². The third-order valence-corrected chi connectivity index (χ3v) is 13.2. The minimum Gasteiger partial charge on any atom is -0.256 e. The van der Waals surface area contributed by atoms with Crippen LogP contribution in [0.5, 0.6) is 0 Å². The number of nitrogens with zero attached hydrogens (tertiary/aromatic N) is 2. The zero-order valence-corrected chi connectivity index (χ0v) is 32.2. The number of hydrogen-bond donors (Lipinski definition) is 0. The summed E-state index contributed by atoms with van der Waals surface area (Å²) in [6.45, 7) is 9.57. The van der Waals surface area contributed by atoms with Gasteiger partial charge in [0.05, 0.1) is 16.9 Å². The van der Waals surface area contributed by atoms with Crippen LogP contribution in [-0.2, 0) is 10.8 Å². The second-order valence-electron chi connectivity index (χ2n) is 17.0. The monoisotopic (exact) mass is 718 g/mol. The van der Waals surface area contributed by atoms with Crippen LogP contribution in [0.25, 0.3) is 77.6 Å². The molecule has 0 aliphatic heterocycles. The molecule has 0 fully saturated rings. The SMILES string of the molecule is CC1(C)c2ccccc2-c2ccc(-c3cc(-c4ccc(-c5ccccn5)cc4)nc4c3cc(-c3ccc5c(c3)C(C)(C)C3C=CC=CC53)c3ccccc34)cc21. The Kier molecular flexibility index (Phi) is 7.11. The van der Waals surface area contributed by atoms with E-state index in [-0.39, 0.29) is 10.8 Å². The third kappa shape index (κ3) is 4.81. The molecule has 0 saturated carbocycles. The second kappa shape index (κ2) is 12.1. The van der Waals surface area contributed by atoms with Crippen LogP contribution >= 0.6 is 0 Å². The van der Waals surface area contributed by atoms with Gasteiger partial charge in [-0.25, -0.2) is 4.98 Å². The van der Waals surface area contributed by atoms with Gasteiger partial charge in [-0.2, -0.15) is 0 Å². The summed E-state index contributed by atoms with van der Waals surface area (Å²) in [5, 5.41) is 3.56. The minimum atomic E-state index is -0.106. The summed E-state index contributed by atoms with van der Waals surface area (Å²) in [4.78, 5) is 10.1. The Morgan fingerprint density at radius 3 is 1.91 bits per heavy atom. The maximum atomic E-state index is 5.53. The number of allylic oxidation sites excluding steroid dienone is 4. The highest BCUT2D eigenvalue weighted by atomic mass is 14.7. The second-order valence-corrected chi connectivity index (χ2v) is 17.0. The first-order valence-corrected chi connectivity index (χ1v) is 19.9. The minimum absolute atomic E-state index is 0.0342. The van der Waals surface area contributed by atoms with E-state index in [1.165, 1.54) is 71.8 Å². The molecule has 2 heterocycles. The van der Waals surface area contributed by atoms with Gasteiger partial charge in [0.1, 0.15) is 0 Å². The zero-order valence-electron chi connectivity index (χ0n) is 32.2. The Morgan fingerprint density at radius 1 is 0.464 bits per heavy atom. The largest absolute Gasteiger partial charge is 0.256 e. The van der Waals surface area contributed by atoms with Crippen molar-refractivity contribution in [3.05, 3.63) is 192 Å². The van der Waals surface area contributed by atoms with Crippen molar-refractivity contribution in [2.75, 3.05) is 0 Å². The Hall–Kier alpha value is -6.38. The van der Waals surface area contributed by atoms with Crippen molar-refractivity contribution in [3.63, 3.8) is 0 Å². The summed E-state index contributed by atoms with van der Waals surface area (Å²) < 4.78 is 0. The fourth-order valence-corrected chi connectivity index (χ4v) is 10.2. The average Bonchev–Trinajstić information content (AvgIpc) is 3.62. The molecule has 0 radical (unpaired) electrons. The Balaban J connectivity index is 1.15. The molecule has 0 amide bonds. The summed E-state index contributed by atoms with van der Waals surface area (Å²) in [7, 11) is 0. The molecule has 6 aromatic carbocycles. The highest BCUT2D eigenvalue weighted by molar-refractivity contribution is 6.16. The van der Waals surface area contributed by atoms with Crippen molar-refractivity contribution in [1.82, 2.24) is 9.97 Å². The van der Waals surface area contributed by atoms with Crippen LogP contribution in [0.1, 0.15) is 55.9 Å². The van der Waals surface area contributed by atoms with Gasteiger partial charge in [0.2, 0.25) is 0 Å². The summed E-state index contributed by atoms with van der Waals surface area (Å²) in [5.41, 5.74) is 18.3. The molecule has 0 saturated heterocycles. The van der Waals surface area contributed by atoms with Crippen molar-refractivity contribution >= 4 is 21.7 Å². The molecule has 2 heteroatoms. The molecule has 0 spiro atoms.